The first kappa shape index (κ1) is 19.4. The molecule has 13 heteroatoms. The molecule has 130 valence electrons. The van der Waals surface area contributed by atoms with E-state index in [2.05, 4.69) is 0 Å². The molecular weight excluding hydrogens is 369 g/mol. The molecule has 1 aromatic carbocycles. The second-order valence-corrected chi connectivity index (χ2v) is 5.26. The molecule has 23 heavy (non-hydrogen) atoms. The molecule has 0 saturated carbocycles. The largest absolute Gasteiger partial charge is 0.421 e. The van der Waals surface area contributed by atoms with Crippen molar-refractivity contribution < 1.29 is 44.4 Å². The number of halogens is 9. The lowest BCUT2D eigenvalue weighted by atomic mass is 10.1. The van der Waals surface area contributed by atoms with Crippen LogP contribution in [0.5, 0.6) is 0 Å². The molecule has 3 nitrogen and oxygen atoms in total. The topological polar surface area (TPSA) is 43.1 Å². The summed E-state index contributed by atoms with van der Waals surface area (Å²) < 4.78 is 109. The van der Waals surface area contributed by atoms with E-state index in [1.165, 1.54) is 0 Å². The molecule has 0 fully saturated rings. The van der Waals surface area contributed by atoms with Gasteiger partial charge in [-0.3, -0.25) is 10.1 Å². The summed E-state index contributed by atoms with van der Waals surface area (Å²) in [5.74, 6) is 0. The van der Waals surface area contributed by atoms with E-state index in [4.69, 9.17) is 0 Å². The third-order valence-electron chi connectivity index (χ3n) is 2.52. The fourth-order valence-corrected chi connectivity index (χ4v) is 2.59. The summed E-state index contributed by atoms with van der Waals surface area (Å²) in [6.07, 6.45) is -20.4. The minimum absolute atomic E-state index is 0.376. The molecule has 0 aliphatic heterocycles. The first-order valence-corrected chi connectivity index (χ1v) is 6.09. The third kappa shape index (κ3) is 3.33. The minimum Gasteiger partial charge on any atom is -0.258 e. The van der Waals surface area contributed by atoms with Gasteiger partial charge in [0.25, 0.3) is 5.69 Å². The van der Waals surface area contributed by atoms with Crippen molar-refractivity contribution in [3.05, 3.63) is 34.4 Å². The van der Waals surface area contributed by atoms with E-state index < -0.39 is 50.5 Å². The Morgan fingerprint density at radius 3 is 1.57 bits per heavy atom. The molecule has 0 aromatic heterocycles. The van der Waals surface area contributed by atoms with Gasteiger partial charge in [-0.25, -0.2) is 0 Å². The van der Waals surface area contributed by atoms with Crippen molar-refractivity contribution >= 4 is 17.4 Å². The van der Waals surface area contributed by atoms with Crippen molar-refractivity contribution in [1.29, 1.82) is 0 Å². The van der Waals surface area contributed by atoms with Gasteiger partial charge in [-0.2, -0.15) is 39.5 Å². The van der Waals surface area contributed by atoms with Gasteiger partial charge in [-0.1, -0.05) is 23.9 Å². The lowest BCUT2D eigenvalue weighted by Gasteiger charge is -2.37. The summed E-state index contributed by atoms with van der Waals surface area (Å²) in [4.78, 5) is 7.81. The number of nitro groups is 1. The Balaban J connectivity index is 3.66. The van der Waals surface area contributed by atoms with Crippen molar-refractivity contribution in [2.45, 2.75) is 28.2 Å². The molecule has 0 spiro atoms. The van der Waals surface area contributed by atoms with Gasteiger partial charge in [0.1, 0.15) is 0 Å². The van der Waals surface area contributed by atoms with Crippen molar-refractivity contribution in [2.75, 3.05) is 0 Å². The van der Waals surface area contributed by atoms with Crippen LogP contribution in [0.25, 0.3) is 0 Å². The SMILES string of the molecule is O=[N+]([O-])c1ccccc1SC(C(F)(F)F)(C(F)(F)F)C(F)(F)F. The fourth-order valence-electron chi connectivity index (χ4n) is 1.51. The Bertz CT molecular complexity index is 557. The van der Waals surface area contributed by atoms with E-state index in [1.807, 2.05) is 0 Å². The van der Waals surface area contributed by atoms with Crippen LogP contribution in [0.15, 0.2) is 29.2 Å². The van der Waals surface area contributed by atoms with E-state index in [9.17, 15) is 49.6 Å². The van der Waals surface area contributed by atoms with Gasteiger partial charge in [-0.15, -0.1) is 0 Å². The van der Waals surface area contributed by atoms with Crippen LogP contribution in [0, 0.1) is 10.1 Å². The summed E-state index contributed by atoms with van der Waals surface area (Å²) in [6.45, 7) is 0. The average molecular weight is 373 g/mol. The second kappa shape index (κ2) is 5.76. The molecule has 0 heterocycles. The second-order valence-electron chi connectivity index (χ2n) is 4.00. The molecule has 0 radical (unpaired) electrons. The summed E-state index contributed by atoms with van der Waals surface area (Å²) in [7, 11) is 0. The number of rotatable bonds is 3. The van der Waals surface area contributed by atoms with Gasteiger partial charge < -0.3 is 0 Å². The van der Waals surface area contributed by atoms with Gasteiger partial charge in [0.2, 0.25) is 0 Å². The number of para-hydroxylation sites is 1. The fraction of sp³-hybridized carbons (Fsp3) is 0.400. The predicted molar refractivity (Wildman–Crippen MR) is 59.8 cm³/mol. The minimum atomic E-state index is -6.79. The summed E-state index contributed by atoms with van der Waals surface area (Å²) in [6, 6.07) is 2.54. The molecular formula is C10H4F9NO2S. The molecule has 1 rings (SSSR count). The number of nitro benzene ring substituents is 1. The van der Waals surface area contributed by atoms with Crippen LogP contribution in [0.4, 0.5) is 45.2 Å². The molecule has 0 saturated heterocycles. The standard InChI is InChI=1S/C10H4F9NO2S/c11-8(12,13)7(9(14,15)16,10(17,18)19)23-6-4-2-1-3-5(6)20(21)22/h1-4H. The van der Waals surface area contributed by atoms with Gasteiger partial charge in [0.05, 0.1) is 9.82 Å². The van der Waals surface area contributed by atoms with Gasteiger partial charge in [-0.05, 0) is 6.07 Å². The van der Waals surface area contributed by atoms with Crippen LogP contribution >= 0.6 is 11.8 Å². The lowest BCUT2D eigenvalue weighted by Crippen LogP contribution is -2.63. The smallest absolute Gasteiger partial charge is 0.258 e. The number of hydrogen-bond acceptors (Lipinski definition) is 3. The van der Waals surface area contributed by atoms with Crippen LogP contribution in [0.2, 0.25) is 0 Å². The highest BCUT2D eigenvalue weighted by molar-refractivity contribution is 8.01. The Hall–Kier alpha value is -1.66. The highest BCUT2D eigenvalue weighted by Crippen LogP contribution is 2.62. The quantitative estimate of drug-likeness (QED) is 0.320. The molecule has 0 aliphatic carbocycles. The van der Waals surface area contributed by atoms with Crippen molar-refractivity contribution in [3.8, 4) is 0 Å². The maximum absolute atomic E-state index is 12.8. The molecule has 0 bridgehead atoms. The number of thioether (sulfide) groups is 1. The van der Waals surface area contributed by atoms with E-state index in [0.29, 0.717) is 12.1 Å². The predicted octanol–water partition coefficient (Wildman–Crippen LogP) is 5.11. The highest BCUT2D eigenvalue weighted by atomic mass is 32.2. The Morgan fingerprint density at radius 1 is 0.826 bits per heavy atom. The summed E-state index contributed by atoms with van der Waals surface area (Å²) in [5, 5.41) is 10.6. The highest BCUT2D eigenvalue weighted by Gasteiger charge is 2.84. The Kier molecular flexibility index (Phi) is 4.86. The number of benzene rings is 1. The van der Waals surface area contributed by atoms with Crippen LogP contribution in [0.3, 0.4) is 0 Å². The molecule has 1 aromatic rings. The van der Waals surface area contributed by atoms with E-state index >= 15 is 0 Å². The van der Waals surface area contributed by atoms with Crippen LogP contribution < -0.4 is 0 Å². The molecule has 0 amide bonds. The normalized spacial score (nSPS) is 14.0. The lowest BCUT2D eigenvalue weighted by molar-refractivity contribution is -0.387. The van der Waals surface area contributed by atoms with Crippen LogP contribution in [-0.4, -0.2) is 28.2 Å². The Morgan fingerprint density at radius 2 is 1.22 bits per heavy atom. The molecule has 0 N–H and O–H groups in total. The van der Waals surface area contributed by atoms with Crippen molar-refractivity contribution in [1.82, 2.24) is 0 Å². The zero-order chi connectivity index (χ0) is 18.3. The molecule has 0 unspecified atom stereocenters. The summed E-state index contributed by atoms with van der Waals surface area (Å²) in [5.41, 5.74) is -1.31. The molecule has 0 aliphatic rings. The van der Waals surface area contributed by atoms with E-state index in [-0.39, 0.29) is 0 Å². The number of hydrogen-bond donors (Lipinski definition) is 0. The van der Waals surface area contributed by atoms with Crippen LogP contribution in [0.1, 0.15) is 0 Å². The van der Waals surface area contributed by atoms with Gasteiger partial charge >= 0.3 is 23.3 Å². The van der Waals surface area contributed by atoms with Gasteiger partial charge in [0, 0.05) is 6.07 Å². The van der Waals surface area contributed by atoms with Crippen molar-refractivity contribution in [3.63, 3.8) is 0 Å². The maximum Gasteiger partial charge on any atom is 0.421 e. The summed E-state index contributed by atoms with van der Waals surface area (Å²) >= 11 is -1.70. The van der Waals surface area contributed by atoms with Gasteiger partial charge in [0.15, 0.2) is 0 Å². The first-order chi connectivity index (χ1) is 10.1. The number of nitrogens with zero attached hydrogens (tertiary/aromatic N) is 1. The van der Waals surface area contributed by atoms with Crippen molar-refractivity contribution in [2.24, 2.45) is 0 Å². The van der Waals surface area contributed by atoms with Crippen LogP contribution in [-0.2, 0) is 0 Å². The first-order valence-electron chi connectivity index (χ1n) is 5.28. The monoisotopic (exact) mass is 373 g/mol. The average Bonchev–Trinajstić information content (AvgIpc) is 2.31. The number of alkyl halides is 9. The Labute approximate surface area is 125 Å². The molecule has 0 atom stereocenters. The van der Waals surface area contributed by atoms with E-state index in [1.54, 1.807) is 0 Å². The van der Waals surface area contributed by atoms with E-state index in [0.717, 1.165) is 12.1 Å². The third-order valence-corrected chi connectivity index (χ3v) is 4.09. The zero-order valence-corrected chi connectivity index (χ0v) is 11.2. The zero-order valence-electron chi connectivity index (χ0n) is 10.4. The maximum atomic E-state index is 12.8.